The summed E-state index contributed by atoms with van der Waals surface area (Å²) >= 11 is 0. The van der Waals surface area contributed by atoms with Gasteiger partial charge in [-0.2, -0.15) is 0 Å². The van der Waals surface area contributed by atoms with Crippen molar-refractivity contribution < 1.29 is 0 Å². The third-order valence-corrected chi connectivity index (χ3v) is 4.62. The fraction of sp³-hybridized carbons (Fsp3) is 0.667. The molecule has 0 rings (SSSR count). The van der Waals surface area contributed by atoms with Crippen LogP contribution in [0.5, 0.6) is 0 Å². The molecule has 0 aliphatic heterocycles. The molecule has 0 heterocycles. The van der Waals surface area contributed by atoms with E-state index in [1.807, 2.05) is 0 Å². The Kier molecular flexibility index (Phi) is 7.02. The highest BCUT2D eigenvalue weighted by atomic mass is 28.3. The van der Waals surface area contributed by atoms with E-state index >= 15 is 0 Å². The molecule has 0 amide bonds. The van der Waals surface area contributed by atoms with Gasteiger partial charge in [-0.05, 0) is 0 Å². The van der Waals surface area contributed by atoms with Gasteiger partial charge in [0.1, 0.15) is 16.1 Å². The second-order valence-electron chi connectivity index (χ2n) is 10.4. The summed E-state index contributed by atoms with van der Waals surface area (Å²) in [5.41, 5.74) is 12.7. The van der Waals surface area contributed by atoms with Crippen LogP contribution in [0.2, 0.25) is 39.3 Å². The molecule has 0 aromatic carbocycles. The maximum Gasteiger partial charge on any atom is 0.129 e. The Morgan fingerprint density at radius 3 is 1.00 bits per heavy atom. The van der Waals surface area contributed by atoms with E-state index in [-0.39, 0.29) is 10.8 Å². The third kappa shape index (κ3) is 10.5. The Balaban J connectivity index is 6.51. The lowest BCUT2D eigenvalue weighted by Gasteiger charge is -2.20. The van der Waals surface area contributed by atoms with Crippen molar-refractivity contribution >= 4 is 16.1 Å². The molecule has 0 nitrogen and oxygen atoms in total. The highest BCUT2D eigenvalue weighted by Crippen LogP contribution is 2.28. The largest absolute Gasteiger partial charge is 0.129 e. The molecule has 2 heteroatoms. The quantitative estimate of drug-likeness (QED) is 0.275. The first kappa shape index (κ1) is 22.1. The van der Waals surface area contributed by atoms with Gasteiger partial charge in [0.2, 0.25) is 0 Å². The normalized spacial score (nSPS) is 12.3. The van der Waals surface area contributed by atoms with Gasteiger partial charge < -0.3 is 0 Å². The van der Waals surface area contributed by atoms with Gasteiger partial charge in [-0.15, -0.1) is 11.1 Å². The van der Waals surface area contributed by atoms with Crippen LogP contribution in [-0.2, 0) is 0 Å². The van der Waals surface area contributed by atoms with Crippen LogP contribution in [0.1, 0.15) is 41.5 Å². The standard InChI is InChI=1S/C21H36Si2/c1-20(2,3)18(13-15-22(7,8)9)17-19(21(4,5)6)14-16-23(10,11)12/h1-12H3. The van der Waals surface area contributed by atoms with Crippen LogP contribution in [0.15, 0.2) is 16.9 Å². The van der Waals surface area contributed by atoms with Crippen molar-refractivity contribution in [1.29, 1.82) is 0 Å². The van der Waals surface area contributed by atoms with Crippen molar-refractivity contribution in [1.82, 2.24) is 0 Å². The average Bonchev–Trinajstić information content (AvgIpc) is 2.21. The Hall–Kier alpha value is -0.926. The molecule has 0 spiro atoms. The molecule has 0 radical (unpaired) electrons. The van der Waals surface area contributed by atoms with Crippen molar-refractivity contribution in [3.63, 3.8) is 0 Å². The molecule has 0 aliphatic carbocycles. The molecule has 0 saturated carbocycles. The zero-order valence-corrected chi connectivity index (χ0v) is 19.5. The molecule has 0 fully saturated rings. The van der Waals surface area contributed by atoms with Gasteiger partial charge in [-0.25, -0.2) is 0 Å². The van der Waals surface area contributed by atoms with E-state index in [2.05, 4.69) is 109 Å². The second-order valence-corrected chi connectivity index (χ2v) is 19.9. The lowest BCUT2D eigenvalue weighted by atomic mass is 9.83. The van der Waals surface area contributed by atoms with Gasteiger partial charge >= 0.3 is 0 Å². The number of hydrogen-bond acceptors (Lipinski definition) is 0. The molecule has 0 unspecified atom stereocenters. The maximum atomic E-state index is 3.61. The smallest absolute Gasteiger partial charge is 0.126 e. The summed E-state index contributed by atoms with van der Waals surface area (Å²) in [6.45, 7) is 26.9. The van der Waals surface area contributed by atoms with Crippen LogP contribution in [0.3, 0.4) is 0 Å². The molecule has 0 aromatic rings. The molecule has 0 atom stereocenters. The van der Waals surface area contributed by atoms with Crippen molar-refractivity contribution in [2.75, 3.05) is 0 Å². The predicted octanol–water partition coefficient (Wildman–Crippen LogP) is 6.29. The minimum absolute atomic E-state index is 0.00993. The minimum atomic E-state index is -1.40. The first-order chi connectivity index (χ1) is 9.92. The molecule has 0 aliphatic rings. The first-order valence-electron chi connectivity index (χ1n) is 8.50. The summed E-state index contributed by atoms with van der Waals surface area (Å²) in [6, 6.07) is 0. The van der Waals surface area contributed by atoms with E-state index in [0.717, 1.165) is 11.1 Å². The summed E-state index contributed by atoms with van der Waals surface area (Å²) in [5, 5.41) is 0. The van der Waals surface area contributed by atoms with Crippen molar-refractivity contribution in [3.05, 3.63) is 16.9 Å². The third-order valence-electron chi connectivity index (χ3n) is 2.88. The van der Waals surface area contributed by atoms with Crippen molar-refractivity contribution in [2.24, 2.45) is 10.8 Å². The molecule has 23 heavy (non-hydrogen) atoms. The van der Waals surface area contributed by atoms with E-state index in [1.165, 1.54) is 0 Å². The second kappa shape index (κ2) is 7.31. The van der Waals surface area contributed by atoms with Gasteiger partial charge in [-0.3, -0.25) is 0 Å². The summed E-state index contributed by atoms with van der Waals surface area (Å²) < 4.78 is 0. The molecule has 0 N–H and O–H groups in total. The SMILES string of the molecule is CC(C)(C)C(=C=C(C#C[Si](C)(C)C)C(C)(C)C)C#C[Si](C)(C)C. The van der Waals surface area contributed by atoms with Crippen LogP contribution in [0.4, 0.5) is 0 Å². The van der Waals surface area contributed by atoms with Gasteiger partial charge in [0.15, 0.2) is 0 Å². The predicted molar refractivity (Wildman–Crippen MR) is 112 cm³/mol. The van der Waals surface area contributed by atoms with E-state index < -0.39 is 16.1 Å². The highest BCUT2D eigenvalue weighted by molar-refractivity contribution is 6.84. The van der Waals surface area contributed by atoms with Crippen LogP contribution >= 0.6 is 0 Å². The van der Waals surface area contributed by atoms with Crippen molar-refractivity contribution in [2.45, 2.75) is 80.8 Å². The Bertz CT molecular complexity index is 553. The maximum absolute atomic E-state index is 3.61. The summed E-state index contributed by atoms with van der Waals surface area (Å²) in [7, 11) is -2.81. The van der Waals surface area contributed by atoms with Gasteiger partial charge in [-0.1, -0.05) is 98.4 Å². The summed E-state index contributed by atoms with van der Waals surface area (Å²) in [4.78, 5) is 0. The van der Waals surface area contributed by atoms with Gasteiger partial charge in [0.05, 0.1) is 0 Å². The molecular weight excluding hydrogens is 308 g/mol. The van der Waals surface area contributed by atoms with Gasteiger partial charge in [0.25, 0.3) is 0 Å². The van der Waals surface area contributed by atoms with Crippen LogP contribution in [-0.4, -0.2) is 16.1 Å². The van der Waals surface area contributed by atoms with E-state index in [9.17, 15) is 0 Å². The number of rotatable bonds is 0. The molecule has 0 saturated heterocycles. The summed E-state index contributed by atoms with van der Waals surface area (Å²) in [6.07, 6.45) is 0. The Labute approximate surface area is 147 Å². The molecule has 0 aromatic heterocycles. The minimum Gasteiger partial charge on any atom is -0.126 e. The van der Waals surface area contributed by atoms with Crippen LogP contribution in [0.25, 0.3) is 0 Å². The monoisotopic (exact) mass is 344 g/mol. The van der Waals surface area contributed by atoms with Crippen molar-refractivity contribution in [3.8, 4) is 22.9 Å². The first-order valence-corrected chi connectivity index (χ1v) is 15.5. The topological polar surface area (TPSA) is 0 Å². The lowest BCUT2D eigenvalue weighted by Crippen LogP contribution is -2.18. The molecular formula is C21H36Si2. The molecule has 128 valence electrons. The average molecular weight is 345 g/mol. The fourth-order valence-corrected chi connectivity index (χ4v) is 2.44. The Morgan fingerprint density at radius 1 is 0.565 bits per heavy atom. The Morgan fingerprint density at radius 2 is 0.826 bits per heavy atom. The van der Waals surface area contributed by atoms with E-state index in [0.29, 0.717) is 0 Å². The number of allylic oxidation sites excluding steroid dienone is 1. The van der Waals surface area contributed by atoms with Gasteiger partial charge in [0, 0.05) is 22.0 Å². The van der Waals surface area contributed by atoms with E-state index in [4.69, 9.17) is 0 Å². The highest BCUT2D eigenvalue weighted by Gasteiger charge is 2.20. The molecule has 0 bridgehead atoms. The van der Waals surface area contributed by atoms with Crippen LogP contribution in [0, 0.1) is 33.8 Å². The zero-order chi connectivity index (χ0) is 18.7. The lowest BCUT2D eigenvalue weighted by molar-refractivity contribution is 0.509. The summed E-state index contributed by atoms with van der Waals surface area (Å²) in [5.74, 6) is 6.88. The van der Waals surface area contributed by atoms with Crippen LogP contribution < -0.4 is 0 Å². The fourth-order valence-electron chi connectivity index (χ4n) is 1.44. The number of hydrogen-bond donors (Lipinski definition) is 0. The van der Waals surface area contributed by atoms with E-state index in [1.54, 1.807) is 0 Å². The zero-order valence-electron chi connectivity index (χ0n) is 17.5.